The lowest BCUT2D eigenvalue weighted by molar-refractivity contribution is -0.153. The first kappa shape index (κ1) is 21.3. The highest BCUT2D eigenvalue weighted by molar-refractivity contribution is 5.83. The minimum absolute atomic E-state index is 0.188. The molecular weight excluding hydrogens is 329 g/mol. The molecule has 1 rings (SSSR count). The van der Waals surface area contributed by atoms with Gasteiger partial charge in [0, 0.05) is 11.1 Å². The first-order valence-corrected chi connectivity index (χ1v) is 8.18. The number of carbonyl (C=O) groups excluding carboxylic acids is 1. The van der Waals surface area contributed by atoms with Crippen molar-refractivity contribution in [1.29, 1.82) is 0 Å². The molecule has 0 aliphatic carbocycles. The number of alkyl halides is 3. The van der Waals surface area contributed by atoms with Crippen molar-refractivity contribution in [2.24, 2.45) is 0 Å². The molecule has 2 nitrogen and oxygen atoms in total. The summed E-state index contributed by atoms with van der Waals surface area (Å²) in [7, 11) is 0. The van der Waals surface area contributed by atoms with Gasteiger partial charge in [0.05, 0.1) is 0 Å². The van der Waals surface area contributed by atoms with E-state index in [0.717, 1.165) is 5.56 Å². The molecule has 1 aromatic rings. The fourth-order valence-electron chi connectivity index (χ4n) is 2.41. The van der Waals surface area contributed by atoms with Crippen molar-refractivity contribution in [2.75, 3.05) is 6.61 Å². The van der Waals surface area contributed by atoms with Gasteiger partial charge in [-0.25, -0.2) is 0 Å². The molecule has 0 aliphatic rings. The van der Waals surface area contributed by atoms with Crippen molar-refractivity contribution in [3.8, 4) is 5.75 Å². The molecule has 1 aromatic carbocycles. The number of ether oxygens (including phenoxy) is 1. The van der Waals surface area contributed by atoms with Crippen LogP contribution in [0.4, 0.5) is 13.2 Å². The van der Waals surface area contributed by atoms with Gasteiger partial charge in [0.25, 0.3) is 0 Å². The Hall–Kier alpha value is -1.78. The molecule has 0 fully saturated rings. The summed E-state index contributed by atoms with van der Waals surface area (Å²) in [5.41, 5.74) is 2.15. The van der Waals surface area contributed by atoms with E-state index in [0.29, 0.717) is 23.0 Å². The molecule has 0 radical (unpaired) electrons. The second-order valence-corrected chi connectivity index (χ2v) is 8.29. The van der Waals surface area contributed by atoms with E-state index < -0.39 is 18.2 Å². The van der Waals surface area contributed by atoms with Crippen LogP contribution in [0.5, 0.6) is 5.75 Å². The van der Waals surface area contributed by atoms with E-state index in [1.165, 1.54) is 6.08 Å². The van der Waals surface area contributed by atoms with Gasteiger partial charge in [-0.05, 0) is 41.0 Å². The van der Waals surface area contributed by atoms with Crippen LogP contribution in [0.25, 0.3) is 5.57 Å². The van der Waals surface area contributed by atoms with Gasteiger partial charge in [0.1, 0.15) is 12.0 Å². The Kier molecular flexibility index (Phi) is 6.14. The summed E-state index contributed by atoms with van der Waals surface area (Å²) in [5.74, 6) is 0.188. The van der Waals surface area contributed by atoms with Crippen molar-refractivity contribution in [3.63, 3.8) is 0 Å². The van der Waals surface area contributed by atoms with E-state index in [1.54, 1.807) is 6.92 Å². The van der Waals surface area contributed by atoms with Crippen molar-refractivity contribution >= 4 is 11.9 Å². The number of rotatable bonds is 4. The van der Waals surface area contributed by atoms with Crippen LogP contribution in [-0.4, -0.2) is 19.1 Å². The molecule has 0 N–H and O–H groups in total. The first-order valence-electron chi connectivity index (χ1n) is 8.18. The zero-order valence-electron chi connectivity index (χ0n) is 16.0. The summed E-state index contributed by atoms with van der Waals surface area (Å²) in [4.78, 5) is 10.9. The summed E-state index contributed by atoms with van der Waals surface area (Å²) < 4.78 is 43.4. The normalized spacial score (nSPS) is 13.8. The number of hydrogen-bond donors (Lipinski definition) is 0. The van der Waals surface area contributed by atoms with Gasteiger partial charge in [-0.15, -0.1) is 0 Å². The number of benzene rings is 1. The molecule has 0 aliphatic heterocycles. The van der Waals surface area contributed by atoms with Crippen molar-refractivity contribution < 1.29 is 22.7 Å². The fraction of sp³-hybridized carbons (Fsp3) is 0.550. The predicted octanol–water partition coefficient (Wildman–Crippen LogP) is 5.82. The van der Waals surface area contributed by atoms with Crippen LogP contribution in [0.1, 0.15) is 65.2 Å². The van der Waals surface area contributed by atoms with Crippen LogP contribution < -0.4 is 4.74 Å². The molecule has 0 bridgehead atoms. The molecule has 0 saturated heterocycles. The van der Waals surface area contributed by atoms with Crippen LogP contribution in [-0.2, 0) is 15.6 Å². The molecule has 0 spiro atoms. The molecule has 25 heavy (non-hydrogen) atoms. The first-order chi connectivity index (χ1) is 11.2. The maximum Gasteiger partial charge on any atom is 0.422 e. The quantitative estimate of drug-likeness (QED) is 0.501. The number of aldehydes is 1. The van der Waals surface area contributed by atoms with Crippen LogP contribution in [0.15, 0.2) is 18.2 Å². The minimum Gasteiger partial charge on any atom is -0.483 e. The second kappa shape index (κ2) is 7.22. The molecule has 0 aromatic heterocycles. The summed E-state index contributed by atoms with van der Waals surface area (Å²) >= 11 is 0. The zero-order valence-corrected chi connectivity index (χ0v) is 16.0. The lowest BCUT2D eigenvalue weighted by Crippen LogP contribution is -2.23. The fourth-order valence-corrected chi connectivity index (χ4v) is 2.41. The van der Waals surface area contributed by atoms with Crippen molar-refractivity contribution in [3.05, 3.63) is 34.9 Å². The van der Waals surface area contributed by atoms with E-state index in [1.807, 2.05) is 53.7 Å². The summed E-state index contributed by atoms with van der Waals surface area (Å²) in [5, 5.41) is 0. The number of carbonyl (C=O) groups is 1. The second-order valence-electron chi connectivity index (χ2n) is 8.29. The standard InChI is InChI=1S/C20H27F3O2/c1-13(8-9-24)15-10-14(18(2,3)4)11-16(19(5,6)7)17(15)25-12-20(21,22)23/h8-11H,12H2,1-7H3/b13-8-. The van der Waals surface area contributed by atoms with Crippen LogP contribution >= 0.6 is 0 Å². The highest BCUT2D eigenvalue weighted by atomic mass is 19.4. The Balaban J connectivity index is 3.73. The highest BCUT2D eigenvalue weighted by Crippen LogP contribution is 2.41. The molecule has 0 atom stereocenters. The van der Waals surface area contributed by atoms with E-state index >= 15 is 0 Å². The van der Waals surface area contributed by atoms with E-state index in [9.17, 15) is 18.0 Å². The Morgan fingerprint density at radius 3 is 2.00 bits per heavy atom. The van der Waals surface area contributed by atoms with Gasteiger partial charge in [-0.2, -0.15) is 13.2 Å². The Bertz CT molecular complexity index is 657. The minimum atomic E-state index is -4.43. The molecule has 0 unspecified atom stereocenters. The summed E-state index contributed by atoms with van der Waals surface area (Å²) in [6.07, 6.45) is -2.46. The third-order valence-corrected chi connectivity index (χ3v) is 3.89. The van der Waals surface area contributed by atoms with Gasteiger partial charge < -0.3 is 4.74 Å². The third kappa shape index (κ3) is 5.91. The molecular formula is C20H27F3O2. The number of halogens is 3. The molecule has 140 valence electrons. The predicted molar refractivity (Wildman–Crippen MR) is 95.1 cm³/mol. The van der Waals surface area contributed by atoms with Gasteiger partial charge in [-0.1, -0.05) is 47.6 Å². The lowest BCUT2D eigenvalue weighted by Gasteiger charge is -2.29. The molecule has 0 heterocycles. The smallest absolute Gasteiger partial charge is 0.422 e. The number of hydrogen-bond acceptors (Lipinski definition) is 2. The highest BCUT2D eigenvalue weighted by Gasteiger charge is 2.32. The Morgan fingerprint density at radius 2 is 1.60 bits per heavy atom. The SMILES string of the molecule is C/C(=C/C=O)c1cc(C(C)(C)C)cc(C(C)(C)C)c1OCC(F)(F)F. The van der Waals surface area contributed by atoms with Gasteiger partial charge in [-0.3, -0.25) is 4.79 Å². The zero-order chi connectivity index (χ0) is 19.6. The largest absolute Gasteiger partial charge is 0.483 e. The van der Waals surface area contributed by atoms with Crippen molar-refractivity contribution in [2.45, 2.75) is 65.5 Å². The maximum absolute atomic E-state index is 12.7. The van der Waals surface area contributed by atoms with Gasteiger partial charge in [0.2, 0.25) is 0 Å². The van der Waals surface area contributed by atoms with E-state index in [-0.39, 0.29) is 11.2 Å². The Morgan fingerprint density at radius 1 is 1.04 bits per heavy atom. The topological polar surface area (TPSA) is 26.3 Å². The lowest BCUT2D eigenvalue weighted by atomic mass is 9.78. The Labute approximate surface area is 148 Å². The van der Waals surface area contributed by atoms with Crippen LogP contribution in [0, 0.1) is 0 Å². The third-order valence-electron chi connectivity index (χ3n) is 3.89. The van der Waals surface area contributed by atoms with Crippen LogP contribution in [0.2, 0.25) is 0 Å². The van der Waals surface area contributed by atoms with E-state index in [2.05, 4.69) is 0 Å². The summed E-state index contributed by atoms with van der Waals surface area (Å²) in [6.45, 7) is 12.2. The summed E-state index contributed by atoms with van der Waals surface area (Å²) in [6, 6.07) is 3.72. The average Bonchev–Trinajstić information content (AvgIpc) is 2.41. The van der Waals surface area contributed by atoms with Gasteiger partial charge >= 0.3 is 6.18 Å². The number of allylic oxidation sites excluding steroid dienone is 2. The van der Waals surface area contributed by atoms with Crippen molar-refractivity contribution in [1.82, 2.24) is 0 Å². The maximum atomic E-state index is 12.7. The molecule has 0 saturated carbocycles. The molecule has 0 amide bonds. The average molecular weight is 356 g/mol. The van der Waals surface area contributed by atoms with E-state index in [4.69, 9.17) is 4.74 Å². The van der Waals surface area contributed by atoms with Gasteiger partial charge in [0.15, 0.2) is 6.61 Å². The molecule has 5 heteroatoms. The monoisotopic (exact) mass is 356 g/mol. The van der Waals surface area contributed by atoms with Crippen LogP contribution in [0.3, 0.4) is 0 Å².